The van der Waals surface area contributed by atoms with E-state index >= 15 is 0 Å². The van der Waals surface area contributed by atoms with Gasteiger partial charge in [-0.15, -0.1) is 11.8 Å². The molecule has 1 N–H and O–H groups in total. The first-order chi connectivity index (χ1) is 10.5. The number of amides is 1. The number of nitrogens with zero attached hydrogens (tertiary/aromatic N) is 1. The van der Waals surface area contributed by atoms with Crippen molar-refractivity contribution in [1.82, 2.24) is 0 Å². The molecule has 0 atom stereocenters. The second-order valence-electron chi connectivity index (χ2n) is 4.21. The molecule has 114 valence electrons. The molecule has 0 heterocycles. The number of nitro groups is 1. The first-order valence-corrected chi connectivity index (χ1v) is 7.44. The smallest absolute Gasteiger partial charge is 0.269 e. The van der Waals surface area contributed by atoms with Gasteiger partial charge in [0.15, 0.2) is 0 Å². The molecule has 0 aliphatic heterocycles. The second-order valence-corrected chi connectivity index (χ2v) is 5.67. The van der Waals surface area contributed by atoms with Crippen LogP contribution in [-0.2, 0) is 4.79 Å². The Labute approximate surface area is 134 Å². The number of benzene rings is 2. The van der Waals surface area contributed by atoms with Gasteiger partial charge in [0.25, 0.3) is 5.69 Å². The Bertz CT molecular complexity index is 710. The van der Waals surface area contributed by atoms with Gasteiger partial charge >= 0.3 is 0 Å². The van der Waals surface area contributed by atoms with Crippen LogP contribution in [0.4, 0.5) is 15.8 Å². The monoisotopic (exact) mass is 340 g/mol. The van der Waals surface area contributed by atoms with Gasteiger partial charge in [-0.3, -0.25) is 14.9 Å². The lowest BCUT2D eigenvalue weighted by Crippen LogP contribution is -2.14. The number of thioether (sulfide) groups is 1. The first kappa shape index (κ1) is 16.3. The number of carbonyl (C=O) groups is 1. The molecule has 0 saturated carbocycles. The summed E-state index contributed by atoms with van der Waals surface area (Å²) in [6.45, 7) is 0. The number of nitro benzene ring substituents is 1. The van der Waals surface area contributed by atoms with Gasteiger partial charge in [-0.2, -0.15) is 0 Å². The highest BCUT2D eigenvalue weighted by Crippen LogP contribution is 2.24. The van der Waals surface area contributed by atoms with Crippen LogP contribution < -0.4 is 5.32 Å². The van der Waals surface area contributed by atoms with Gasteiger partial charge in [-0.1, -0.05) is 11.6 Å². The van der Waals surface area contributed by atoms with E-state index in [1.807, 2.05) is 0 Å². The van der Waals surface area contributed by atoms with Crippen LogP contribution in [0.2, 0.25) is 5.02 Å². The van der Waals surface area contributed by atoms with E-state index in [1.165, 1.54) is 36.0 Å². The highest BCUT2D eigenvalue weighted by molar-refractivity contribution is 8.00. The Kier molecular flexibility index (Phi) is 5.35. The summed E-state index contributed by atoms with van der Waals surface area (Å²) in [6, 6.07) is 9.58. The molecule has 5 nitrogen and oxygen atoms in total. The van der Waals surface area contributed by atoms with E-state index in [0.717, 1.165) is 11.0 Å². The van der Waals surface area contributed by atoms with Crippen molar-refractivity contribution in [3.8, 4) is 0 Å². The van der Waals surface area contributed by atoms with Crippen molar-refractivity contribution in [2.75, 3.05) is 11.1 Å². The third kappa shape index (κ3) is 4.44. The SMILES string of the molecule is O=C(CSc1ccc([N+](=O)[O-])cc1)Nc1ccc(F)cc1Cl. The number of halogens is 2. The molecular formula is C14H10ClFN2O3S. The number of anilines is 1. The maximum Gasteiger partial charge on any atom is 0.269 e. The Morgan fingerprint density at radius 3 is 2.55 bits per heavy atom. The van der Waals surface area contributed by atoms with Crippen molar-refractivity contribution in [2.24, 2.45) is 0 Å². The second kappa shape index (κ2) is 7.24. The minimum atomic E-state index is -0.488. The van der Waals surface area contributed by atoms with Crippen LogP contribution in [0.5, 0.6) is 0 Å². The van der Waals surface area contributed by atoms with Gasteiger partial charge in [0.05, 0.1) is 21.4 Å². The van der Waals surface area contributed by atoms with Crippen molar-refractivity contribution in [1.29, 1.82) is 0 Å². The Balaban J connectivity index is 1.91. The number of hydrogen-bond acceptors (Lipinski definition) is 4. The van der Waals surface area contributed by atoms with Crippen LogP contribution in [0.3, 0.4) is 0 Å². The van der Waals surface area contributed by atoms with Crippen molar-refractivity contribution in [2.45, 2.75) is 4.90 Å². The van der Waals surface area contributed by atoms with E-state index < -0.39 is 10.7 Å². The van der Waals surface area contributed by atoms with Gasteiger partial charge in [-0.05, 0) is 30.3 Å². The highest BCUT2D eigenvalue weighted by Gasteiger charge is 2.09. The zero-order chi connectivity index (χ0) is 16.1. The Morgan fingerprint density at radius 2 is 1.95 bits per heavy atom. The molecule has 2 aromatic carbocycles. The van der Waals surface area contributed by atoms with E-state index in [2.05, 4.69) is 5.32 Å². The maximum atomic E-state index is 12.9. The lowest BCUT2D eigenvalue weighted by molar-refractivity contribution is -0.384. The van der Waals surface area contributed by atoms with Gasteiger partial charge in [0.1, 0.15) is 5.82 Å². The van der Waals surface area contributed by atoms with Crippen LogP contribution in [0, 0.1) is 15.9 Å². The fraction of sp³-hybridized carbons (Fsp3) is 0.0714. The van der Waals surface area contributed by atoms with Gasteiger partial charge < -0.3 is 5.32 Å². The van der Waals surface area contributed by atoms with Crippen LogP contribution in [-0.4, -0.2) is 16.6 Å². The predicted octanol–water partition coefficient (Wildman–Crippen LogP) is 4.12. The number of rotatable bonds is 5. The van der Waals surface area contributed by atoms with Crippen molar-refractivity contribution in [3.63, 3.8) is 0 Å². The standard InChI is InChI=1S/C14H10ClFN2O3S/c15-12-7-9(16)1-6-13(12)17-14(19)8-22-11-4-2-10(3-5-11)18(20)21/h1-7H,8H2,(H,17,19). The predicted molar refractivity (Wildman–Crippen MR) is 83.9 cm³/mol. The molecule has 0 unspecified atom stereocenters. The van der Waals surface area contributed by atoms with Gasteiger partial charge in [-0.25, -0.2) is 4.39 Å². The largest absolute Gasteiger partial charge is 0.324 e. The molecule has 8 heteroatoms. The molecule has 0 aliphatic rings. The first-order valence-electron chi connectivity index (χ1n) is 6.08. The average Bonchev–Trinajstić information content (AvgIpc) is 2.48. The lowest BCUT2D eigenvalue weighted by atomic mass is 10.3. The molecule has 1 amide bonds. The molecule has 0 aliphatic carbocycles. The zero-order valence-corrected chi connectivity index (χ0v) is 12.7. The molecule has 0 fully saturated rings. The third-order valence-corrected chi connectivity index (χ3v) is 3.95. The number of carbonyl (C=O) groups excluding carboxylic acids is 1. The average molecular weight is 341 g/mol. The molecular weight excluding hydrogens is 331 g/mol. The number of nitrogens with one attached hydrogen (secondary N) is 1. The highest BCUT2D eigenvalue weighted by atomic mass is 35.5. The Hall–Kier alpha value is -2.12. The summed E-state index contributed by atoms with van der Waals surface area (Å²) in [5.41, 5.74) is 0.323. The summed E-state index contributed by atoms with van der Waals surface area (Å²) < 4.78 is 12.9. The van der Waals surface area contributed by atoms with E-state index in [4.69, 9.17) is 11.6 Å². The summed E-state index contributed by atoms with van der Waals surface area (Å²) in [5.74, 6) is -0.689. The molecule has 2 aromatic rings. The van der Waals surface area contributed by atoms with Crippen LogP contribution in [0.25, 0.3) is 0 Å². The fourth-order valence-electron chi connectivity index (χ4n) is 1.59. The molecule has 0 bridgehead atoms. The minimum absolute atomic E-state index is 0.00750. The number of non-ortho nitro benzene ring substituents is 1. The van der Waals surface area contributed by atoms with Crippen molar-refractivity contribution < 1.29 is 14.1 Å². The van der Waals surface area contributed by atoms with E-state index in [9.17, 15) is 19.3 Å². The van der Waals surface area contributed by atoms with Crippen molar-refractivity contribution >= 4 is 40.6 Å². The Morgan fingerprint density at radius 1 is 1.27 bits per heavy atom. The summed E-state index contributed by atoms with van der Waals surface area (Å²) in [7, 11) is 0. The third-order valence-electron chi connectivity index (χ3n) is 2.62. The molecule has 0 spiro atoms. The molecule has 22 heavy (non-hydrogen) atoms. The molecule has 0 radical (unpaired) electrons. The normalized spacial score (nSPS) is 10.3. The fourth-order valence-corrected chi connectivity index (χ4v) is 2.50. The molecule has 0 aromatic heterocycles. The molecule has 0 saturated heterocycles. The topological polar surface area (TPSA) is 72.2 Å². The molecule has 2 rings (SSSR count). The van der Waals surface area contributed by atoms with E-state index in [0.29, 0.717) is 5.69 Å². The van der Waals surface area contributed by atoms with Gasteiger partial charge in [0, 0.05) is 17.0 Å². The maximum absolute atomic E-state index is 12.9. The van der Waals surface area contributed by atoms with E-state index in [-0.39, 0.29) is 22.4 Å². The van der Waals surface area contributed by atoms with Crippen LogP contribution >= 0.6 is 23.4 Å². The van der Waals surface area contributed by atoms with Crippen LogP contribution in [0.15, 0.2) is 47.4 Å². The quantitative estimate of drug-likeness (QED) is 0.505. The van der Waals surface area contributed by atoms with Crippen LogP contribution in [0.1, 0.15) is 0 Å². The van der Waals surface area contributed by atoms with E-state index in [1.54, 1.807) is 12.1 Å². The summed E-state index contributed by atoms with van der Waals surface area (Å²) in [4.78, 5) is 22.6. The lowest BCUT2D eigenvalue weighted by Gasteiger charge is -2.07. The summed E-state index contributed by atoms with van der Waals surface area (Å²) >= 11 is 7.04. The summed E-state index contributed by atoms with van der Waals surface area (Å²) in [6.07, 6.45) is 0. The van der Waals surface area contributed by atoms with Gasteiger partial charge in [0.2, 0.25) is 5.91 Å². The summed E-state index contributed by atoms with van der Waals surface area (Å²) in [5, 5.41) is 13.2. The van der Waals surface area contributed by atoms with Crippen molar-refractivity contribution in [3.05, 3.63) is 63.4 Å². The zero-order valence-electron chi connectivity index (χ0n) is 11.1. The minimum Gasteiger partial charge on any atom is -0.324 e. The number of hydrogen-bond donors (Lipinski definition) is 1.